The fraction of sp³-hybridized carbons (Fsp3) is 0.609. The van der Waals surface area contributed by atoms with E-state index >= 15 is 0 Å². The minimum Gasteiger partial charge on any atom is -0.468 e. The highest BCUT2D eigenvalue weighted by Gasteiger charge is 2.53. The first-order valence-corrected chi connectivity index (χ1v) is 10.6. The van der Waals surface area contributed by atoms with Crippen LogP contribution in [0.5, 0.6) is 0 Å². The van der Waals surface area contributed by atoms with Gasteiger partial charge in [0.25, 0.3) is 5.91 Å². The van der Waals surface area contributed by atoms with Crippen LogP contribution in [0.25, 0.3) is 0 Å². The molecule has 2 aliphatic rings. The third-order valence-corrected chi connectivity index (χ3v) is 6.48. The van der Waals surface area contributed by atoms with Gasteiger partial charge in [0.2, 0.25) is 0 Å². The van der Waals surface area contributed by atoms with Gasteiger partial charge in [0, 0.05) is 6.54 Å². The number of hydrogen-bond acceptors (Lipinski definition) is 5. The van der Waals surface area contributed by atoms with Crippen LogP contribution in [0.1, 0.15) is 52.0 Å². The van der Waals surface area contributed by atoms with Crippen molar-refractivity contribution in [2.45, 2.75) is 58.5 Å². The molecule has 7 heteroatoms. The van der Waals surface area contributed by atoms with E-state index in [-0.39, 0.29) is 30.6 Å². The molecule has 0 aromatic heterocycles. The van der Waals surface area contributed by atoms with Crippen molar-refractivity contribution >= 4 is 17.9 Å². The summed E-state index contributed by atoms with van der Waals surface area (Å²) in [6.07, 6.45) is 3.15. The van der Waals surface area contributed by atoms with Crippen LogP contribution in [0.3, 0.4) is 0 Å². The summed E-state index contributed by atoms with van der Waals surface area (Å²) in [5.74, 6) is -0.0445. The third kappa shape index (κ3) is 4.83. The molecule has 0 atom stereocenters. The van der Waals surface area contributed by atoms with E-state index in [1.807, 2.05) is 30.3 Å². The van der Waals surface area contributed by atoms with E-state index in [0.29, 0.717) is 25.3 Å². The van der Waals surface area contributed by atoms with E-state index in [0.717, 1.165) is 18.4 Å². The average molecular weight is 416 g/mol. The predicted octanol–water partition coefficient (Wildman–Crippen LogP) is 3.15. The summed E-state index contributed by atoms with van der Waals surface area (Å²) >= 11 is 0. The molecule has 3 amide bonds. The number of carbonyl (C=O) groups excluding carboxylic acids is 3. The first kappa shape index (κ1) is 22.3. The molecule has 1 N–H and O–H groups in total. The van der Waals surface area contributed by atoms with Crippen LogP contribution >= 0.6 is 0 Å². The number of nitrogens with one attached hydrogen (secondary N) is 1. The maximum atomic E-state index is 13.3. The van der Waals surface area contributed by atoms with E-state index in [1.165, 1.54) is 12.0 Å². The van der Waals surface area contributed by atoms with Crippen molar-refractivity contribution in [2.75, 3.05) is 20.3 Å². The molecule has 1 aromatic rings. The Hall–Kier alpha value is -2.41. The van der Waals surface area contributed by atoms with Gasteiger partial charge in [-0.2, -0.15) is 0 Å². The van der Waals surface area contributed by atoms with Gasteiger partial charge in [-0.05, 0) is 42.6 Å². The van der Waals surface area contributed by atoms with Crippen molar-refractivity contribution in [3.8, 4) is 0 Å². The molecule has 2 fully saturated rings. The third-order valence-electron chi connectivity index (χ3n) is 6.48. The molecule has 1 saturated heterocycles. The smallest absolute Gasteiger partial charge is 0.326 e. The van der Waals surface area contributed by atoms with Crippen LogP contribution in [0.4, 0.5) is 4.79 Å². The quantitative estimate of drug-likeness (QED) is 0.570. The Labute approximate surface area is 178 Å². The average Bonchev–Trinajstić information content (AvgIpc) is 2.92. The molecule has 0 radical (unpaired) electrons. The van der Waals surface area contributed by atoms with E-state index in [4.69, 9.17) is 4.74 Å². The van der Waals surface area contributed by atoms with Crippen molar-refractivity contribution in [1.29, 1.82) is 0 Å². The molecule has 30 heavy (non-hydrogen) atoms. The minimum atomic E-state index is -0.803. The van der Waals surface area contributed by atoms with Gasteiger partial charge >= 0.3 is 12.0 Å². The number of ether oxygens (including phenoxy) is 1. The van der Waals surface area contributed by atoms with Gasteiger partial charge in [-0.25, -0.2) is 9.69 Å². The molecular formula is C23H33N3O4. The summed E-state index contributed by atoms with van der Waals surface area (Å²) in [5.41, 5.74) is 0.386. The highest BCUT2D eigenvalue weighted by molar-refractivity contribution is 6.07. The molecule has 0 unspecified atom stereocenters. The summed E-state index contributed by atoms with van der Waals surface area (Å²) < 4.78 is 4.81. The van der Waals surface area contributed by atoms with Gasteiger partial charge < -0.3 is 10.1 Å². The zero-order valence-corrected chi connectivity index (χ0v) is 18.4. The van der Waals surface area contributed by atoms with Gasteiger partial charge in [-0.15, -0.1) is 0 Å². The molecule has 0 bridgehead atoms. The summed E-state index contributed by atoms with van der Waals surface area (Å²) in [4.78, 5) is 40.9. The van der Waals surface area contributed by atoms with Crippen molar-refractivity contribution in [3.05, 3.63) is 35.9 Å². The molecule has 1 aliphatic carbocycles. The second-order valence-electron chi connectivity index (χ2n) is 9.58. The SMILES string of the molecule is COC(=O)CN(Cc1ccccc1)CN1C(=O)NC2(CCC(C(C)(C)C)CC2)C1=O. The lowest BCUT2D eigenvalue weighted by atomic mass is 9.67. The highest BCUT2D eigenvalue weighted by atomic mass is 16.5. The summed E-state index contributed by atoms with van der Waals surface area (Å²) in [5, 5.41) is 2.97. The number of nitrogens with zero attached hydrogens (tertiary/aromatic N) is 2. The van der Waals surface area contributed by atoms with Crippen LogP contribution in [0.2, 0.25) is 0 Å². The Morgan fingerprint density at radius 2 is 1.83 bits per heavy atom. The summed E-state index contributed by atoms with van der Waals surface area (Å²) in [7, 11) is 1.33. The number of rotatable bonds is 6. The van der Waals surface area contributed by atoms with Crippen LogP contribution in [0, 0.1) is 11.3 Å². The monoisotopic (exact) mass is 415 g/mol. The Bertz CT molecular complexity index is 779. The molecule has 1 spiro atoms. The lowest BCUT2D eigenvalue weighted by molar-refractivity contribution is -0.144. The van der Waals surface area contributed by atoms with Crippen LogP contribution < -0.4 is 5.32 Å². The van der Waals surface area contributed by atoms with E-state index < -0.39 is 11.5 Å². The fourth-order valence-corrected chi connectivity index (χ4v) is 4.56. The molecule has 1 heterocycles. The van der Waals surface area contributed by atoms with E-state index in [9.17, 15) is 14.4 Å². The lowest BCUT2D eigenvalue weighted by Gasteiger charge is -2.40. The molecule has 1 aliphatic heterocycles. The number of carbonyl (C=O) groups is 3. The number of hydrogen-bond donors (Lipinski definition) is 1. The standard InChI is InChI=1S/C23H33N3O4/c1-22(2,3)18-10-12-23(13-11-18)20(28)26(21(29)24-23)16-25(15-19(27)30-4)14-17-8-6-5-7-9-17/h5-9,18H,10-16H2,1-4H3,(H,24,29). The molecule has 164 valence electrons. The minimum absolute atomic E-state index is 0.00154. The van der Waals surface area contributed by atoms with Gasteiger partial charge in [0.05, 0.1) is 20.3 Å². The number of methoxy groups -OCH3 is 1. The Morgan fingerprint density at radius 3 is 2.40 bits per heavy atom. The second-order valence-corrected chi connectivity index (χ2v) is 9.58. The molecule has 7 nitrogen and oxygen atoms in total. The Morgan fingerprint density at radius 1 is 1.20 bits per heavy atom. The van der Waals surface area contributed by atoms with Crippen molar-refractivity contribution < 1.29 is 19.1 Å². The maximum Gasteiger partial charge on any atom is 0.326 e. The fourth-order valence-electron chi connectivity index (χ4n) is 4.56. The maximum absolute atomic E-state index is 13.3. The van der Waals surface area contributed by atoms with Crippen molar-refractivity contribution in [3.63, 3.8) is 0 Å². The number of benzene rings is 1. The summed E-state index contributed by atoms with van der Waals surface area (Å²) in [6.45, 7) is 7.18. The normalized spacial score (nSPS) is 24.4. The van der Waals surface area contributed by atoms with Gasteiger partial charge in [-0.3, -0.25) is 14.5 Å². The van der Waals surface area contributed by atoms with Crippen LogP contribution in [0.15, 0.2) is 30.3 Å². The molecule has 3 rings (SSSR count). The number of amides is 3. The lowest BCUT2D eigenvalue weighted by Crippen LogP contribution is -2.51. The first-order valence-electron chi connectivity index (χ1n) is 10.6. The Kier molecular flexibility index (Phi) is 6.50. The molecule has 1 aromatic carbocycles. The van der Waals surface area contributed by atoms with Crippen LogP contribution in [-0.4, -0.2) is 53.6 Å². The predicted molar refractivity (Wildman–Crippen MR) is 113 cm³/mol. The first-order chi connectivity index (χ1) is 14.1. The number of esters is 1. The summed E-state index contributed by atoms with van der Waals surface area (Å²) in [6, 6.07) is 9.28. The van der Waals surface area contributed by atoms with E-state index in [2.05, 4.69) is 26.1 Å². The van der Waals surface area contributed by atoms with Crippen LogP contribution in [-0.2, 0) is 20.9 Å². The number of urea groups is 1. The Balaban J connectivity index is 1.71. The molecular weight excluding hydrogens is 382 g/mol. The van der Waals surface area contributed by atoms with Gasteiger partial charge in [0.1, 0.15) is 5.54 Å². The largest absolute Gasteiger partial charge is 0.468 e. The highest BCUT2D eigenvalue weighted by Crippen LogP contribution is 2.43. The topological polar surface area (TPSA) is 79.0 Å². The van der Waals surface area contributed by atoms with E-state index in [1.54, 1.807) is 4.90 Å². The second kappa shape index (κ2) is 8.76. The van der Waals surface area contributed by atoms with Crippen molar-refractivity contribution in [1.82, 2.24) is 15.1 Å². The number of imide groups is 1. The van der Waals surface area contributed by atoms with Gasteiger partial charge in [-0.1, -0.05) is 51.1 Å². The zero-order chi connectivity index (χ0) is 21.9. The van der Waals surface area contributed by atoms with Crippen molar-refractivity contribution in [2.24, 2.45) is 11.3 Å². The molecule has 1 saturated carbocycles. The zero-order valence-electron chi connectivity index (χ0n) is 18.4. The van der Waals surface area contributed by atoms with Gasteiger partial charge in [0.15, 0.2) is 0 Å².